The van der Waals surface area contributed by atoms with E-state index in [1.54, 1.807) is 0 Å². The van der Waals surface area contributed by atoms with Gasteiger partial charge in [0.25, 0.3) is 0 Å². The first-order chi connectivity index (χ1) is 7.28. The molecule has 78 valence electrons. The van der Waals surface area contributed by atoms with Gasteiger partial charge in [0.1, 0.15) is 5.01 Å². The van der Waals surface area contributed by atoms with Crippen LogP contribution in [-0.2, 0) is 12.8 Å². The minimum atomic E-state index is 0.509. The second-order valence-corrected chi connectivity index (χ2v) is 4.32. The van der Waals surface area contributed by atoms with Crippen LogP contribution in [0.15, 0.2) is 18.3 Å². The van der Waals surface area contributed by atoms with Crippen molar-refractivity contribution in [3.05, 3.63) is 34.6 Å². The summed E-state index contributed by atoms with van der Waals surface area (Å²) in [5, 5.41) is 9.14. The lowest BCUT2D eigenvalue weighted by atomic mass is 10.2. The molecule has 0 saturated heterocycles. The van der Waals surface area contributed by atoms with Gasteiger partial charge in [-0.1, -0.05) is 24.3 Å². The molecule has 0 bridgehead atoms. The highest BCUT2D eigenvalue weighted by Crippen LogP contribution is 2.14. The normalized spacial score (nSPS) is 10.5. The molecule has 2 heterocycles. The van der Waals surface area contributed by atoms with Crippen LogP contribution in [0.25, 0.3) is 0 Å². The Kier molecular flexibility index (Phi) is 2.91. The number of aromatic nitrogens is 3. The Morgan fingerprint density at radius 2 is 2.20 bits per heavy atom. The molecule has 0 aromatic carbocycles. The number of pyridine rings is 1. The average molecular weight is 220 g/mol. The molecule has 5 heteroatoms. The number of aryl methyl sites for hydroxylation is 1. The van der Waals surface area contributed by atoms with Crippen molar-refractivity contribution in [1.29, 1.82) is 0 Å². The van der Waals surface area contributed by atoms with Crippen molar-refractivity contribution in [3.8, 4) is 0 Å². The van der Waals surface area contributed by atoms with Gasteiger partial charge in [0.2, 0.25) is 5.13 Å². The summed E-state index contributed by atoms with van der Waals surface area (Å²) in [6.07, 6.45) is 3.62. The molecule has 0 spiro atoms. The van der Waals surface area contributed by atoms with Crippen LogP contribution in [0, 0.1) is 0 Å². The van der Waals surface area contributed by atoms with E-state index in [-0.39, 0.29) is 0 Å². The maximum absolute atomic E-state index is 5.50. The van der Waals surface area contributed by atoms with E-state index in [1.165, 1.54) is 16.9 Å². The lowest BCUT2D eigenvalue weighted by Crippen LogP contribution is -1.92. The number of rotatable bonds is 3. The molecule has 0 unspecified atom stereocenters. The largest absolute Gasteiger partial charge is 0.374 e. The van der Waals surface area contributed by atoms with Gasteiger partial charge in [-0.3, -0.25) is 4.98 Å². The van der Waals surface area contributed by atoms with E-state index < -0.39 is 0 Å². The van der Waals surface area contributed by atoms with Gasteiger partial charge in [-0.15, -0.1) is 10.2 Å². The lowest BCUT2D eigenvalue weighted by molar-refractivity contribution is 0.969. The van der Waals surface area contributed by atoms with Crippen LogP contribution in [0.2, 0.25) is 0 Å². The van der Waals surface area contributed by atoms with E-state index in [1.807, 2.05) is 12.3 Å². The quantitative estimate of drug-likeness (QED) is 0.854. The maximum Gasteiger partial charge on any atom is 0.203 e. The van der Waals surface area contributed by atoms with Gasteiger partial charge < -0.3 is 5.73 Å². The van der Waals surface area contributed by atoms with Crippen LogP contribution in [0.5, 0.6) is 0 Å². The summed E-state index contributed by atoms with van der Waals surface area (Å²) in [4.78, 5) is 4.35. The molecule has 0 aliphatic carbocycles. The van der Waals surface area contributed by atoms with Crippen LogP contribution < -0.4 is 5.73 Å². The fraction of sp³-hybridized carbons (Fsp3) is 0.300. The third-order valence-corrected chi connectivity index (χ3v) is 2.86. The van der Waals surface area contributed by atoms with Crippen LogP contribution >= 0.6 is 11.3 Å². The molecule has 2 aromatic heterocycles. The zero-order valence-corrected chi connectivity index (χ0v) is 9.29. The average Bonchev–Trinajstić information content (AvgIpc) is 2.65. The Morgan fingerprint density at radius 3 is 2.73 bits per heavy atom. The summed E-state index contributed by atoms with van der Waals surface area (Å²) in [6.45, 7) is 2.11. The predicted octanol–water partition coefficient (Wildman–Crippen LogP) is 1.67. The van der Waals surface area contributed by atoms with Crippen molar-refractivity contribution in [1.82, 2.24) is 15.2 Å². The van der Waals surface area contributed by atoms with E-state index in [0.717, 1.165) is 17.1 Å². The van der Waals surface area contributed by atoms with Gasteiger partial charge in [0.05, 0.1) is 0 Å². The van der Waals surface area contributed by atoms with E-state index >= 15 is 0 Å². The summed E-state index contributed by atoms with van der Waals surface area (Å²) < 4.78 is 0. The molecule has 15 heavy (non-hydrogen) atoms. The molecule has 0 aliphatic heterocycles. The fourth-order valence-corrected chi connectivity index (χ4v) is 1.89. The first kappa shape index (κ1) is 10.0. The molecule has 0 atom stereocenters. The van der Waals surface area contributed by atoms with Crippen molar-refractivity contribution in [2.24, 2.45) is 0 Å². The Hall–Kier alpha value is -1.49. The topological polar surface area (TPSA) is 64.7 Å². The maximum atomic E-state index is 5.50. The van der Waals surface area contributed by atoms with Crippen molar-refractivity contribution in [2.45, 2.75) is 19.8 Å². The number of nitrogen functional groups attached to an aromatic ring is 1. The van der Waals surface area contributed by atoms with E-state index in [9.17, 15) is 0 Å². The van der Waals surface area contributed by atoms with Gasteiger partial charge in [0, 0.05) is 18.3 Å². The minimum Gasteiger partial charge on any atom is -0.374 e. The molecule has 0 radical (unpaired) electrons. The highest BCUT2D eigenvalue weighted by molar-refractivity contribution is 7.15. The summed E-state index contributed by atoms with van der Waals surface area (Å²) in [6, 6.07) is 4.11. The van der Waals surface area contributed by atoms with Crippen LogP contribution in [0.4, 0.5) is 5.13 Å². The smallest absolute Gasteiger partial charge is 0.203 e. The highest BCUT2D eigenvalue weighted by atomic mass is 32.1. The third-order valence-electron chi connectivity index (χ3n) is 2.11. The predicted molar refractivity (Wildman–Crippen MR) is 60.7 cm³/mol. The summed E-state index contributed by atoms with van der Waals surface area (Å²) in [5.74, 6) is 0. The van der Waals surface area contributed by atoms with Crippen LogP contribution in [0.3, 0.4) is 0 Å². The first-order valence-electron chi connectivity index (χ1n) is 4.79. The van der Waals surface area contributed by atoms with Gasteiger partial charge in [0.15, 0.2) is 0 Å². The van der Waals surface area contributed by atoms with Gasteiger partial charge in [-0.05, 0) is 18.1 Å². The molecule has 0 aliphatic rings. The number of hydrogen-bond donors (Lipinski definition) is 1. The molecular formula is C10H12N4S. The third kappa shape index (κ3) is 2.50. The number of nitrogens with two attached hydrogens (primary N) is 1. The monoisotopic (exact) mass is 220 g/mol. The fourth-order valence-electron chi connectivity index (χ4n) is 1.26. The van der Waals surface area contributed by atoms with Gasteiger partial charge in [-0.2, -0.15) is 0 Å². The SMILES string of the molecule is CCc1ccc(Cc2nnc(N)s2)nc1. The van der Waals surface area contributed by atoms with Crippen LogP contribution in [0.1, 0.15) is 23.2 Å². The zero-order chi connectivity index (χ0) is 10.7. The van der Waals surface area contributed by atoms with E-state index in [2.05, 4.69) is 28.2 Å². The van der Waals surface area contributed by atoms with Gasteiger partial charge >= 0.3 is 0 Å². The molecule has 2 rings (SSSR count). The summed E-state index contributed by atoms with van der Waals surface area (Å²) >= 11 is 1.41. The summed E-state index contributed by atoms with van der Waals surface area (Å²) in [5.41, 5.74) is 7.75. The molecular weight excluding hydrogens is 208 g/mol. The number of anilines is 1. The molecule has 0 saturated carbocycles. The Morgan fingerprint density at radius 1 is 1.33 bits per heavy atom. The lowest BCUT2D eigenvalue weighted by Gasteiger charge is -1.98. The Bertz CT molecular complexity index is 435. The molecule has 4 nitrogen and oxygen atoms in total. The zero-order valence-electron chi connectivity index (χ0n) is 8.47. The minimum absolute atomic E-state index is 0.509. The van der Waals surface area contributed by atoms with Gasteiger partial charge in [-0.25, -0.2) is 0 Å². The molecule has 2 N–H and O–H groups in total. The second-order valence-electron chi connectivity index (χ2n) is 3.22. The van der Waals surface area contributed by atoms with Crippen molar-refractivity contribution in [2.75, 3.05) is 5.73 Å². The number of hydrogen-bond acceptors (Lipinski definition) is 5. The second kappa shape index (κ2) is 4.35. The first-order valence-corrected chi connectivity index (χ1v) is 5.61. The van der Waals surface area contributed by atoms with Crippen molar-refractivity contribution in [3.63, 3.8) is 0 Å². The van der Waals surface area contributed by atoms with E-state index in [0.29, 0.717) is 11.6 Å². The van der Waals surface area contributed by atoms with Crippen molar-refractivity contribution < 1.29 is 0 Å². The summed E-state index contributed by atoms with van der Waals surface area (Å²) in [7, 11) is 0. The molecule has 2 aromatic rings. The standard InChI is InChI=1S/C10H12N4S/c1-2-7-3-4-8(12-6-7)5-9-13-14-10(11)15-9/h3-4,6H,2,5H2,1H3,(H2,11,14). The number of nitrogens with zero attached hydrogens (tertiary/aromatic N) is 3. The molecule has 0 fully saturated rings. The Labute approximate surface area is 92.2 Å². The highest BCUT2D eigenvalue weighted by Gasteiger charge is 2.03. The Balaban J connectivity index is 2.11. The molecule has 0 amide bonds. The van der Waals surface area contributed by atoms with Crippen LogP contribution in [-0.4, -0.2) is 15.2 Å². The van der Waals surface area contributed by atoms with E-state index in [4.69, 9.17) is 5.73 Å². The van der Waals surface area contributed by atoms with Crippen molar-refractivity contribution >= 4 is 16.5 Å².